The lowest BCUT2D eigenvalue weighted by atomic mass is 10.1. The number of methoxy groups -OCH3 is 2. The van der Waals surface area contributed by atoms with Crippen molar-refractivity contribution in [2.24, 2.45) is 0 Å². The van der Waals surface area contributed by atoms with Gasteiger partial charge in [0.2, 0.25) is 0 Å². The van der Waals surface area contributed by atoms with Crippen LogP contribution < -0.4 is 14.8 Å². The molecule has 0 heterocycles. The molecule has 7 heteroatoms. The molecule has 0 spiro atoms. The molecule has 0 saturated carbocycles. The molecule has 1 aromatic carbocycles. The van der Waals surface area contributed by atoms with Crippen LogP contribution in [-0.2, 0) is 4.79 Å². The lowest BCUT2D eigenvalue weighted by Crippen LogP contribution is -2.36. The van der Waals surface area contributed by atoms with E-state index in [9.17, 15) is 9.59 Å². The summed E-state index contributed by atoms with van der Waals surface area (Å²) in [5, 5.41) is 20.0. The molecule has 7 nitrogen and oxygen atoms in total. The third-order valence-corrected chi connectivity index (χ3v) is 2.76. The number of carboxylic acid groups (broad SMARTS) is 1. The summed E-state index contributed by atoms with van der Waals surface area (Å²) in [5.41, 5.74) is 0.999. The van der Waals surface area contributed by atoms with Gasteiger partial charge in [0.05, 0.1) is 20.8 Å². The molecule has 1 aromatic rings. The first-order chi connectivity index (χ1) is 9.40. The molecule has 0 aliphatic carbocycles. The smallest absolute Gasteiger partial charge is 0.334 e. The Morgan fingerprint density at radius 3 is 2.15 bits per heavy atom. The van der Waals surface area contributed by atoms with Gasteiger partial charge in [-0.15, -0.1) is 0 Å². The summed E-state index contributed by atoms with van der Waals surface area (Å²) in [5.74, 6) is -0.965. The van der Waals surface area contributed by atoms with E-state index in [0.717, 1.165) is 5.56 Å². The number of nitrogens with one attached hydrogen (secondary N) is 1. The number of aliphatic hydroxyl groups excluding tert-OH is 1. The van der Waals surface area contributed by atoms with Gasteiger partial charge in [0, 0.05) is 11.1 Å². The minimum Gasteiger partial charge on any atom is -0.496 e. The minimum absolute atomic E-state index is 0.252. The van der Waals surface area contributed by atoms with Crippen LogP contribution in [0.25, 0.3) is 0 Å². The third kappa shape index (κ3) is 3.61. The van der Waals surface area contributed by atoms with Gasteiger partial charge in [0.15, 0.2) is 6.10 Å². The van der Waals surface area contributed by atoms with Gasteiger partial charge in [-0.2, -0.15) is 0 Å². The molecular weight excluding hydrogens is 266 g/mol. The van der Waals surface area contributed by atoms with Crippen molar-refractivity contribution in [2.75, 3.05) is 20.8 Å². The average molecular weight is 283 g/mol. The minimum atomic E-state index is -1.65. The van der Waals surface area contributed by atoms with Crippen molar-refractivity contribution < 1.29 is 29.3 Å². The Morgan fingerprint density at radius 1 is 1.25 bits per heavy atom. The molecule has 0 fully saturated rings. The second-order valence-electron chi connectivity index (χ2n) is 4.07. The Kier molecular flexibility index (Phi) is 5.33. The number of carboxylic acids is 1. The second kappa shape index (κ2) is 6.76. The Hall–Kier alpha value is -2.28. The molecule has 0 aromatic heterocycles. The van der Waals surface area contributed by atoms with Crippen LogP contribution in [0.15, 0.2) is 12.1 Å². The summed E-state index contributed by atoms with van der Waals surface area (Å²) in [4.78, 5) is 22.3. The zero-order chi connectivity index (χ0) is 15.3. The molecule has 0 aliphatic heterocycles. The molecule has 0 radical (unpaired) electrons. The van der Waals surface area contributed by atoms with Gasteiger partial charge in [-0.1, -0.05) is 0 Å². The molecule has 20 heavy (non-hydrogen) atoms. The van der Waals surface area contributed by atoms with E-state index in [1.54, 1.807) is 6.92 Å². The zero-order valence-corrected chi connectivity index (χ0v) is 11.5. The number of aliphatic carboxylic acids is 1. The van der Waals surface area contributed by atoms with E-state index < -0.39 is 18.0 Å². The molecule has 0 saturated heterocycles. The number of amides is 1. The van der Waals surface area contributed by atoms with Crippen LogP contribution in [0.4, 0.5) is 0 Å². The van der Waals surface area contributed by atoms with Crippen molar-refractivity contribution in [1.29, 1.82) is 0 Å². The average Bonchev–Trinajstić information content (AvgIpc) is 2.44. The van der Waals surface area contributed by atoms with Gasteiger partial charge >= 0.3 is 5.97 Å². The summed E-state index contributed by atoms with van der Waals surface area (Å²) in [7, 11) is 2.94. The van der Waals surface area contributed by atoms with Crippen LogP contribution in [-0.4, -0.2) is 49.0 Å². The first-order valence-corrected chi connectivity index (χ1v) is 5.82. The van der Waals surface area contributed by atoms with Crippen molar-refractivity contribution in [2.45, 2.75) is 13.0 Å². The predicted octanol–water partition coefficient (Wildman–Crippen LogP) is 0.188. The van der Waals surface area contributed by atoms with Crippen molar-refractivity contribution >= 4 is 11.9 Å². The number of benzene rings is 1. The fourth-order valence-corrected chi connectivity index (χ4v) is 1.60. The lowest BCUT2D eigenvalue weighted by molar-refractivity contribution is -0.146. The highest BCUT2D eigenvalue weighted by atomic mass is 16.5. The van der Waals surface area contributed by atoms with E-state index in [1.165, 1.54) is 26.4 Å². The monoisotopic (exact) mass is 283 g/mol. The summed E-state index contributed by atoms with van der Waals surface area (Å²) in [6.45, 7) is 1.40. The van der Waals surface area contributed by atoms with Gasteiger partial charge in [0.1, 0.15) is 11.5 Å². The van der Waals surface area contributed by atoms with E-state index in [2.05, 4.69) is 5.32 Å². The van der Waals surface area contributed by atoms with Gasteiger partial charge in [-0.25, -0.2) is 4.79 Å². The fraction of sp³-hybridized carbons (Fsp3) is 0.385. The number of aliphatic hydroxyl groups is 1. The Labute approximate surface area is 116 Å². The van der Waals surface area contributed by atoms with E-state index in [0.29, 0.717) is 11.5 Å². The Balaban J connectivity index is 2.90. The van der Waals surface area contributed by atoms with E-state index in [-0.39, 0.29) is 12.1 Å². The number of carbonyl (C=O) groups excluding carboxylic acids is 1. The van der Waals surface area contributed by atoms with Gasteiger partial charge in [-0.05, 0) is 19.1 Å². The number of rotatable bonds is 6. The number of hydrogen-bond donors (Lipinski definition) is 3. The van der Waals surface area contributed by atoms with E-state index in [4.69, 9.17) is 19.7 Å². The van der Waals surface area contributed by atoms with Gasteiger partial charge < -0.3 is 25.0 Å². The fourth-order valence-electron chi connectivity index (χ4n) is 1.60. The largest absolute Gasteiger partial charge is 0.496 e. The summed E-state index contributed by atoms with van der Waals surface area (Å²) in [6.07, 6.45) is -1.65. The highest BCUT2D eigenvalue weighted by molar-refractivity contribution is 5.95. The molecule has 0 unspecified atom stereocenters. The number of carbonyl (C=O) groups is 2. The lowest BCUT2D eigenvalue weighted by Gasteiger charge is -2.13. The van der Waals surface area contributed by atoms with Gasteiger partial charge in [-0.3, -0.25) is 4.79 Å². The summed E-state index contributed by atoms with van der Waals surface area (Å²) < 4.78 is 10.3. The second-order valence-corrected chi connectivity index (χ2v) is 4.07. The van der Waals surface area contributed by atoms with Crippen molar-refractivity contribution in [3.63, 3.8) is 0 Å². The molecule has 1 amide bonds. The van der Waals surface area contributed by atoms with Crippen LogP contribution in [0.3, 0.4) is 0 Å². The van der Waals surface area contributed by atoms with Crippen LogP contribution in [0, 0.1) is 6.92 Å². The highest BCUT2D eigenvalue weighted by Crippen LogP contribution is 2.29. The quantitative estimate of drug-likeness (QED) is 0.688. The van der Waals surface area contributed by atoms with Crippen LogP contribution in [0.1, 0.15) is 15.9 Å². The first kappa shape index (κ1) is 15.8. The number of hydrogen-bond acceptors (Lipinski definition) is 5. The molecule has 110 valence electrons. The molecule has 0 bridgehead atoms. The maximum atomic E-state index is 11.9. The van der Waals surface area contributed by atoms with Crippen molar-refractivity contribution in [1.82, 2.24) is 5.32 Å². The Bertz CT molecular complexity index is 489. The normalized spacial score (nSPS) is 11.6. The van der Waals surface area contributed by atoms with Crippen molar-refractivity contribution in [3.05, 3.63) is 23.3 Å². The summed E-state index contributed by atoms with van der Waals surface area (Å²) >= 11 is 0. The topological polar surface area (TPSA) is 105 Å². The van der Waals surface area contributed by atoms with Gasteiger partial charge in [0.25, 0.3) is 5.91 Å². The molecule has 3 N–H and O–H groups in total. The Morgan fingerprint density at radius 2 is 1.75 bits per heavy atom. The van der Waals surface area contributed by atoms with Crippen molar-refractivity contribution in [3.8, 4) is 11.5 Å². The third-order valence-electron chi connectivity index (χ3n) is 2.76. The maximum absolute atomic E-state index is 11.9. The predicted molar refractivity (Wildman–Crippen MR) is 70.3 cm³/mol. The zero-order valence-electron chi connectivity index (χ0n) is 11.5. The van der Waals surface area contributed by atoms with Crippen LogP contribution in [0.2, 0.25) is 0 Å². The summed E-state index contributed by atoms with van der Waals surface area (Å²) in [6, 6.07) is 3.03. The van der Waals surface area contributed by atoms with E-state index in [1.807, 2.05) is 0 Å². The molecule has 1 rings (SSSR count). The highest BCUT2D eigenvalue weighted by Gasteiger charge is 2.17. The van der Waals surface area contributed by atoms with E-state index >= 15 is 0 Å². The SMILES string of the molecule is COc1cc(C(=O)NC[C@H](O)C(=O)O)cc(OC)c1C. The maximum Gasteiger partial charge on any atom is 0.334 e. The molecule has 0 aliphatic rings. The standard InChI is InChI=1S/C13H17NO6/c1-7-10(19-2)4-8(5-11(7)20-3)12(16)14-6-9(15)13(17)18/h4-5,9,15H,6H2,1-3H3,(H,14,16)(H,17,18)/t9-/m0/s1. The van der Waals surface area contributed by atoms with Crippen LogP contribution >= 0.6 is 0 Å². The molecule has 1 atom stereocenters. The first-order valence-electron chi connectivity index (χ1n) is 5.82. The number of ether oxygens (including phenoxy) is 2. The molecular formula is C13H17NO6. The van der Waals surface area contributed by atoms with Crippen LogP contribution in [0.5, 0.6) is 11.5 Å².